The molecule has 11 heteroatoms. The first-order valence-electron chi connectivity index (χ1n) is 19.8. The van der Waals surface area contributed by atoms with Gasteiger partial charge in [-0.25, -0.2) is 0 Å². The SMILES string of the molecule is C[C@@H]1[C@H]([C@@H](O)[C@](C)(O)[C@H]2CC[C@@]3(O)C4=C(NC[C@H](C)O)C(=O)[C@@H]5C[C@@H](O)[C@@H](O)C[C@@]56C[C@@]5(C7=CNC(N)C=C7)C=C[C@H](C[C@]23C)[C@@]46CC5)OC[C@H]1C. The van der Waals surface area contributed by atoms with E-state index in [-0.39, 0.29) is 55.5 Å². The van der Waals surface area contributed by atoms with Crippen LogP contribution in [0.3, 0.4) is 0 Å². The number of fused-ring (bicyclic) bond motifs is 3. The van der Waals surface area contributed by atoms with Gasteiger partial charge in [-0.2, -0.15) is 0 Å². The summed E-state index contributed by atoms with van der Waals surface area (Å²) in [5.41, 5.74) is 1.97. The van der Waals surface area contributed by atoms with Gasteiger partial charge in [-0.1, -0.05) is 39.0 Å². The van der Waals surface area contributed by atoms with Crippen LogP contribution >= 0.6 is 0 Å². The molecular formula is C41H61N3O8. The summed E-state index contributed by atoms with van der Waals surface area (Å²) in [5, 5.41) is 78.2. The number of carbonyl (C=O) groups is 1. The largest absolute Gasteiger partial charge is 0.392 e. The summed E-state index contributed by atoms with van der Waals surface area (Å²) in [4.78, 5) is 15.3. The van der Waals surface area contributed by atoms with E-state index in [0.717, 1.165) is 12.0 Å². The van der Waals surface area contributed by atoms with Crippen LogP contribution in [0.15, 0.2) is 47.3 Å². The first-order chi connectivity index (χ1) is 24.4. The maximum Gasteiger partial charge on any atom is 0.182 e. The summed E-state index contributed by atoms with van der Waals surface area (Å²) in [6.07, 6.45) is 9.06. The number of aliphatic hydroxyl groups excluding tert-OH is 4. The molecule has 9 rings (SSSR count). The lowest BCUT2D eigenvalue weighted by Crippen LogP contribution is -2.73. The standard InChI is InChI=1S/C41H61N3O8/c1-21-19-52-33(23(21)3)35(49)37(5,50)29-9-11-41(51)34-31(44-17-22(2)45)32(48)26-14-27(46)28(47)16-39(26)20-38(25-6-7-30(42)43-18-25)10-8-24(15-36(29,41)4)40(34,39)13-12-38/h6-8,10,18,21-24,26-30,33,35,43-47,49-51H,9,11-17,19-20,42H2,1-5H3/t21-,22+,23+,24-,26+,27-,28+,29+,30?,33-,35-,36-,37-,38-,39-,40+,41-/m1/s1. The van der Waals surface area contributed by atoms with Gasteiger partial charge in [0.1, 0.15) is 6.10 Å². The second kappa shape index (κ2) is 12.0. The zero-order chi connectivity index (χ0) is 37.4. The van der Waals surface area contributed by atoms with Crippen molar-refractivity contribution >= 4 is 5.78 Å². The van der Waals surface area contributed by atoms with Crippen molar-refractivity contribution in [3.05, 3.63) is 47.3 Å². The van der Waals surface area contributed by atoms with Crippen LogP contribution in [0.5, 0.6) is 0 Å². The van der Waals surface area contributed by atoms with Gasteiger partial charge >= 0.3 is 0 Å². The van der Waals surface area contributed by atoms with Gasteiger partial charge in [0.2, 0.25) is 0 Å². The van der Waals surface area contributed by atoms with E-state index in [0.29, 0.717) is 43.6 Å². The molecule has 4 saturated carbocycles. The number of nitrogens with two attached hydrogens (primary N) is 1. The molecule has 17 atom stereocenters. The number of dihydropyridines is 1. The summed E-state index contributed by atoms with van der Waals surface area (Å²) in [7, 11) is 0. The number of aliphatic hydroxyl groups is 6. The third-order valence-corrected chi connectivity index (χ3v) is 16.4. The van der Waals surface area contributed by atoms with Gasteiger partial charge < -0.3 is 51.7 Å². The van der Waals surface area contributed by atoms with Crippen LogP contribution in [-0.4, -0.2) is 97.5 Å². The molecule has 11 nitrogen and oxygen atoms in total. The minimum absolute atomic E-state index is 0.0348. The smallest absolute Gasteiger partial charge is 0.182 e. The predicted octanol–water partition coefficient (Wildman–Crippen LogP) is 1.92. The fraction of sp³-hybridized carbons (Fsp3) is 0.780. The minimum Gasteiger partial charge on any atom is -0.392 e. The van der Waals surface area contributed by atoms with Crippen molar-refractivity contribution < 1.29 is 40.2 Å². The normalized spacial score (nSPS) is 51.4. The zero-order valence-electron chi connectivity index (χ0n) is 31.4. The third kappa shape index (κ3) is 4.63. The third-order valence-electron chi connectivity index (χ3n) is 16.4. The minimum atomic E-state index is -1.62. The van der Waals surface area contributed by atoms with Gasteiger partial charge in [0.15, 0.2) is 5.78 Å². The summed E-state index contributed by atoms with van der Waals surface area (Å²) < 4.78 is 6.08. The number of ether oxygens (including phenoxy) is 1. The summed E-state index contributed by atoms with van der Waals surface area (Å²) in [6.45, 7) is 10.1. The van der Waals surface area contributed by atoms with Crippen LogP contribution in [0.2, 0.25) is 0 Å². The Hall–Kier alpha value is -2.09. The van der Waals surface area contributed by atoms with Crippen molar-refractivity contribution in [3.8, 4) is 0 Å². The molecule has 5 fully saturated rings. The fourth-order valence-electron chi connectivity index (χ4n) is 13.6. The molecule has 0 aromatic carbocycles. The fourth-order valence-corrected chi connectivity index (χ4v) is 13.6. The maximum absolute atomic E-state index is 15.3. The molecule has 1 saturated heterocycles. The van der Waals surface area contributed by atoms with Crippen molar-refractivity contribution in [2.45, 2.75) is 134 Å². The second-order valence-corrected chi connectivity index (χ2v) is 18.9. The van der Waals surface area contributed by atoms with E-state index in [1.807, 2.05) is 26.1 Å². The van der Waals surface area contributed by atoms with E-state index >= 15 is 4.79 Å². The molecule has 2 heterocycles. The Morgan fingerprint density at radius 2 is 1.88 bits per heavy atom. The van der Waals surface area contributed by atoms with E-state index in [1.54, 1.807) is 13.8 Å². The number of Topliss-reactive ketones (excluding diaryl/α,β-unsaturated/α-hetero) is 1. The molecule has 9 aliphatic rings. The molecular weight excluding hydrogens is 662 g/mol. The van der Waals surface area contributed by atoms with Gasteiger partial charge in [0, 0.05) is 41.5 Å². The topological polar surface area (TPSA) is 198 Å². The van der Waals surface area contributed by atoms with E-state index < -0.39 is 75.2 Å². The van der Waals surface area contributed by atoms with Crippen LogP contribution in [-0.2, 0) is 9.53 Å². The highest BCUT2D eigenvalue weighted by Gasteiger charge is 2.80. The second-order valence-electron chi connectivity index (χ2n) is 18.9. The van der Waals surface area contributed by atoms with Gasteiger partial charge in [-0.15, -0.1) is 0 Å². The Kier molecular flexibility index (Phi) is 8.47. The number of allylic oxidation sites excluding steroid dienone is 5. The number of nitrogens with one attached hydrogen (secondary N) is 2. The van der Waals surface area contributed by atoms with Gasteiger partial charge in [0.05, 0.1) is 47.5 Å². The van der Waals surface area contributed by atoms with Gasteiger partial charge in [-0.3, -0.25) is 4.79 Å². The Morgan fingerprint density at radius 3 is 2.54 bits per heavy atom. The summed E-state index contributed by atoms with van der Waals surface area (Å²) in [5.74, 6) is -1.31. The highest BCUT2D eigenvalue weighted by molar-refractivity contribution is 6.00. The van der Waals surface area contributed by atoms with Crippen molar-refractivity contribution in [2.75, 3.05) is 13.2 Å². The first-order valence-corrected chi connectivity index (χ1v) is 19.8. The molecule has 52 heavy (non-hydrogen) atoms. The van der Waals surface area contributed by atoms with Crippen molar-refractivity contribution in [1.82, 2.24) is 10.6 Å². The number of hydrogen-bond donors (Lipinski definition) is 9. The van der Waals surface area contributed by atoms with E-state index in [1.165, 1.54) is 0 Å². The lowest BCUT2D eigenvalue weighted by molar-refractivity contribution is -0.229. The quantitative estimate of drug-likeness (QED) is 0.174. The molecule has 0 aromatic heterocycles. The average molecular weight is 724 g/mol. The van der Waals surface area contributed by atoms with E-state index in [4.69, 9.17) is 10.5 Å². The van der Waals surface area contributed by atoms with Crippen molar-refractivity contribution in [2.24, 2.45) is 57.0 Å². The molecule has 288 valence electrons. The highest BCUT2D eigenvalue weighted by Crippen LogP contribution is 2.81. The maximum atomic E-state index is 15.3. The predicted molar refractivity (Wildman–Crippen MR) is 194 cm³/mol. The number of hydrogen-bond acceptors (Lipinski definition) is 11. The lowest BCUT2D eigenvalue weighted by atomic mass is 9.31. The summed E-state index contributed by atoms with van der Waals surface area (Å²) >= 11 is 0. The molecule has 10 N–H and O–H groups in total. The first kappa shape index (κ1) is 36.9. The molecule has 2 spiro atoms. The summed E-state index contributed by atoms with van der Waals surface area (Å²) in [6, 6.07) is 0. The van der Waals surface area contributed by atoms with Crippen LogP contribution in [0.4, 0.5) is 0 Å². The monoisotopic (exact) mass is 723 g/mol. The molecule has 2 bridgehead atoms. The van der Waals surface area contributed by atoms with Crippen LogP contribution in [0.1, 0.15) is 86.0 Å². The van der Waals surface area contributed by atoms with Gasteiger partial charge in [-0.05, 0) is 112 Å². The number of carbonyl (C=O) groups excluding carboxylic acids is 1. The van der Waals surface area contributed by atoms with Crippen LogP contribution < -0.4 is 16.4 Å². The Labute approximate surface area is 307 Å². The number of rotatable bonds is 7. The average Bonchev–Trinajstić information content (AvgIpc) is 3.46. The Bertz CT molecular complexity index is 1620. The van der Waals surface area contributed by atoms with Crippen LogP contribution in [0, 0.1) is 51.2 Å². The molecule has 1 unspecified atom stereocenters. The van der Waals surface area contributed by atoms with Crippen molar-refractivity contribution in [1.29, 1.82) is 0 Å². The lowest BCUT2D eigenvalue weighted by Gasteiger charge is -2.72. The van der Waals surface area contributed by atoms with Gasteiger partial charge in [0.25, 0.3) is 0 Å². The van der Waals surface area contributed by atoms with E-state index in [2.05, 4.69) is 35.8 Å². The highest BCUT2D eigenvalue weighted by atomic mass is 16.5. The van der Waals surface area contributed by atoms with Crippen LogP contribution in [0.25, 0.3) is 0 Å². The van der Waals surface area contributed by atoms with Crippen molar-refractivity contribution in [3.63, 3.8) is 0 Å². The molecule has 0 radical (unpaired) electrons. The molecule has 0 aromatic rings. The number of ketones is 1. The Balaban J connectivity index is 1.34. The Morgan fingerprint density at radius 1 is 1.13 bits per heavy atom. The molecule has 7 aliphatic carbocycles. The molecule has 2 aliphatic heterocycles. The molecule has 0 amide bonds. The zero-order valence-corrected chi connectivity index (χ0v) is 31.4. The van der Waals surface area contributed by atoms with E-state index in [9.17, 15) is 30.6 Å².